The van der Waals surface area contributed by atoms with Crippen LogP contribution in [0.5, 0.6) is 0 Å². The van der Waals surface area contributed by atoms with Crippen molar-refractivity contribution in [3.05, 3.63) is 58.7 Å². The average Bonchev–Trinajstić information content (AvgIpc) is 2.37. The highest BCUT2D eigenvalue weighted by molar-refractivity contribution is 5.41. The molecule has 114 valence electrons. The summed E-state index contributed by atoms with van der Waals surface area (Å²) in [5, 5.41) is 0. The van der Waals surface area contributed by atoms with E-state index < -0.39 is 0 Å². The van der Waals surface area contributed by atoms with Crippen LogP contribution in [0.3, 0.4) is 0 Å². The maximum absolute atomic E-state index is 2.38. The van der Waals surface area contributed by atoms with Crippen molar-refractivity contribution in [3.63, 3.8) is 0 Å². The lowest BCUT2D eigenvalue weighted by molar-refractivity contribution is 0.424. The summed E-state index contributed by atoms with van der Waals surface area (Å²) >= 11 is 0. The second kappa shape index (κ2) is 5.48. The third-order valence-corrected chi connectivity index (χ3v) is 4.57. The minimum atomic E-state index is 0.218. The second-order valence-electron chi connectivity index (χ2n) is 8.48. The first kappa shape index (κ1) is 16.1. The fourth-order valence-corrected chi connectivity index (χ4v) is 3.13. The van der Waals surface area contributed by atoms with Crippen molar-refractivity contribution in [2.75, 3.05) is 0 Å². The average molecular weight is 282 g/mol. The largest absolute Gasteiger partial charge is 0.0639 e. The van der Waals surface area contributed by atoms with E-state index in [4.69, 9.17) is 0 Å². The molecule has 0 spiro atoms. The van der Waals surface area contributed by atoms with E-state index in [9.17, 15) is 0 Å². The van der Waals surface area contributed by atoms with E-state index in [1.165, 1.54) is 11.1 Å². The second-order valence-corrected chi connectivity index (χ2v) is 8.48. The Morgan fingerprint density at radius 2 is 1.38 bits per heavy atom. The zero-order valence-corrected chi connectivity index (χ0v) is 14.7. The van der Waals surface area contributed by atoms with Crippen molar-refractivity contribution in [2.24, 2.45) is 10.8 Å². The van der Waals surface area contributed by atoms with Gasteiger partial charge in [-0.05, 0) is 29.7 Å². The molecule has 0 heteroatoms. The summed E-state index contributed by atoms with van der Waals surface area (Å²) in [7, 11) is 0. The molecule has 0 nitrogen and oxygen atoms in total. The Kier molecular flexibility index (Phi) is 4.19. The lowest BCUT2D eigenvalue weighted by Crippen LogP contribution is -2.23. The third kappa shape index (κ3) is 3.67. The maximum atomic E-state index is 2.38. The van der Waals surface area contributed by atoms with Gasteiger partial charge in [-0.25, -0.2) is 0 Å². The molecule has 0 aromatic heterocycles. The molecule has 0 saturated heterocycles. The molecule has 1 aliphatic carbocycles. The zero-order chi connectivity index (χ0) is 15.8. The van der Waals surface area contributed by atoms with Crippen LogP contribution in [-0.4, -0.2) is 0 Å². The molecule has 2 rings (SSSR count). The van der Waals surface area contributed by atoms with Crippen LogP contribution in [0.4, 0.5) is 0 Å². The third-order valence-electron chi connectivity index (χ3n) is 4.57. The van der Waals surface area contributed by atoms with Crippen LogP contribution in [0.25, 0.3) is 0 Å². The van der Waals surface area contributed by atoms with Crippen LogP contribution in [-0.2, 0) is 0 Å². The van der Waals surface area contributed by atoms with Crippen molar-refractivity contribution in [3.8, 4) is 0 Å². The first-order chi connectivity index (χ1) is 9.59. The summed E-state index contributed by atoms with van der Waals surface area (Å²) in [6, 6.07) is 9.10. The van der Waals surface area contributed by atoms with Gasteiger partial charge in [0.2, 0.25) is 0 Å². The van der Waals surface area contributed by atoms with E-state index in [0.717, 1.165) is 6.42 Å². The number of hydrogen-bond donors (Lipinski definition) is 0. The highest BCUT2D eigenvalue weighted by Crippen LogP contribution is 2.46. The van der Waals surface area contributed by atoms with Crippen LogP contribution < -0.4 is 0 Å². The van der Waals surface area contributed by atoms with Crippen molar-refractivity contribution < 1.29 is 0 Å². The number of allylic oxidation sites excluding steroid dienone is 4. The van der Waals surface area contributed by atoms with Gasteiger partial charge >= 0.3 is 0 Å². The predicted molar refractivity (Wildman–Crippen MR) is 93.6 cm³/mol. The molecule has 0 fully saturated rings. The van der Waals surface area contributed by atoms with Crippen molar-refractivity contribution >= 4 is 0 Å². The summed E-state index contributed by atoms with van der Waals surface area (Å²) < 4.78 is 0. The summed E-state index contributed by atoms with van der Waals surface area (Å²) in [4.78, 5) is 0. The van der Waals surface area contributed by atoms with E-state index in [1.54, 1.807) is 11.1 Å². The molecule has 1 aromatic rings. The first-order valence-electron chi connectivity index (χ1n) is 8.07. The van der Waals surface area contributed by atoms with Crippen LogP contribution in [0, 0.1) is 17.8 Å². The van der Waals surface area contributed by atoms with Gasteiger partial charge in [0.05, 0.1) is 0 Å². The van der Waals surface area contributed by atoms with E-state index in [0.29, 0.717) is 5.92 Å². The van der Waals surface area contributed by atoms with Crippen LogP contribution in [0.1, 0.15) is 65.0 Å². The van der Waals surface area contributed by atoms with Crippen LogP contribution in [0.15, 0.2) is 47.6 Å². The summed E-state index contributed by atoms with van der Waals surface area (Å²) in [6.07, 6.45) is 5.90. The van der Waals surface area contributed by atoms with E-state index >= 15 is 0 Å². The normalized spacial score (nSPS) is 20.0. The summed E-state index contributed by atoms with van der Waals surface area (Å²) in [6.45, 7) is 16.1. The van der Waals surface area contributed by atoms with Crippen molar-refractivity contribution in [2.45, 2.75) is 60.8 Å². The molecule has 1 aromatic carbocycles. The summed E-state index contributed by atoms with van der Waals surface area (Å²) in [5.74, 6) is 0.518. The van der Waals surface area contributed by atoms with Gasteiger partial charge in [0.15, 0.2) is 0 Å². The molecule has 1 unspecified atom stereocenters. The first-order valence-corrected chi connectivity index (χ1v) is 8.07. The van der Waals surface area contributed by atoms with E-state index in [1.807, 2.05) is 0 Å². The highest BCUT2D eigenvalue weighted by atomic mass is 14.4. The van der Waals surface area contributed by atoms with Gasteiger partial charge in [0, 0.05) is 5.92 Å². The minimum Gasteiger partial charge on any atom is -0.0639 e. The monoisotopic (exact) mass is 282 g/mol. The van der Waals surface area contributed by atoms with Gasteiger partial charge in [0.1, 0.15) is 0 Å². The van der Waals surface area contributed by atoms with Crippen LogP contribution in [0.2, 0.25) is 0 Å². The molecule has 1 aliphatic rings. The van der Waals surface area contributed by atoms with Crippen molar-refractivity contribution in [1.82, 2.24) is 0 Å². The topological polar surface area (TPSA) is 0 Å². The molecule has 0 N–H and O–H groups in total. The Hall–Kier alpha value is -1.30. The Morgan fingerprint density at radius 3 is 1.86 bits per heavy atom. The van der Waals surface area contributed by atoms with Gasteiger partial charge in [-0.15, -0.1) is 0 Å². The molecular formula is C21H30. The Balaban J connectivity index is 2.45. The minimum absolute atomic E-state index is 0.218. The molecule has 0 saturated carbocycles. The van der Waals surface area contributed by atoms with Gasteiger partial charge in [0.25, 0.3) is 0 Å². The molecular weight excluding hydrogens is 252 g/mol. The molecule has 1 atom stereocenters. The summed E-state index contributed by atoms with van der Waals surface area (Å²) in [5.41, 5.74) is 6.37. The van der Waals surface area contributed by atoms with Crippen molar-refractivity contribution in [1.29, 1.82) is 0 Å². The lowest BCUT2D eigenvalue weighted by atomic mass is 9.68. The van der Waals surface area contributed by atoms with Gasteiger partial charge < -0.3 is 0 Å². The highest BCUT2D eigenvalue weighted by Gasteiger charge is 2.31. The SMILES string of the molecule is Cc1ccc(C2CC(C(C)(C)C)=CC=C2C(C)(C)C)cc1. The molecule has 0 bridgehead atoms. The lowest BCUT2D eigenvalue weighted by Gasteiger charge is -2.37. The number of rotatable bonds is 1. The quantitative estimate of drug-likeness (QED) is 0.557. The number of hydrogen-bond acceptors (Lipinski definition) is 0. The fourth-order valence-electron chi connectivity index (χ4n) is 3.13. The van der Waals surface area contributed by atoms with Gasteiger partial charge in [-0.1, -0.05) is 94.7 Å². The Bertz CT molecular complexity index is 554. The van der Waals surface area contributed by atoms with Gasteiger partial charge in [-0.3, -0.25) is 0 Å². The van der Waals surface area contributed by atoms with Crippen LogP contribution >= 0.6 is 0 Å². The molecule has 0 heterocycles. The molecule has 21 heavy (non-hydrogen) atoms. The predicted octanol–water partition coefficient (Wildman–Crippen LogP) is 6.43. The number of aryl methyl sites for hydroxylation is 1. The number of benzene rings is 1. The molecule has 0 radical (unpaired) electrons. The maximum Gasteiger partial charge on any atom is 0.00940 e. The fraction of sp³-hybridized carbons (Fsp3) is 0.524. The Morgan fingerprint density at radius 1 is 0.810 bits per heavy atom. The zero-order valence-electron chi connectivity index (χ0n) is 14.7. The van der Waals surface area contributed by atoms with Gasteiger partial charge in [-0.2, -0.15) is 0 Å². The Labute approximate surface area is 131 Å². The van der Waals surface area contributed by atoms with E-state index in [-0.39, 0.29) is 10.8 Å². The molecule has 0 amide bonds. The standard InChI is InChI=1S/C21H30/c1-15-8-10-16(11-9-15)18-14-17(20(2,3)4)12-13-19(18)21(5,6)7/h8-13,18H,14H2,1-7H3. The smallest absolute Gasteiger partial charge is 0.00940 e. The molecule has 0 aliphatic heterocycles. The van der Waals surface area contributed by atoms with E-state index in [2.05, 4.69) is 84.9 Å².